The van der Waals surface area contributed by atoms with Crippen molar-refractivity contribution < 1.29 is 9.90 Å². The van der Waals surface area contributed by atoms with Crippen molar-refractivity contribution in [2.75, 3.05) is 0 Å². The van der Waals surface area contributed by atoms with Crippen molar-refractivity contribution in [1.82, 2.24) is 9.55 Å². The van der Waals surface area contributed by atoms with Crippen LogP contribution in [0.5, 0.6) is 0 Å². The number of imidazole rings is 1. The Morgan fingerprint density at radius 1 is 0.966 bits per heavy atom. The van der Waals surface area contributed by atoms with Gasteiger partial charge in [0.05, 0.1) is 5.69 Å². The van der Waals surface area contributed by atoms with Gasteiger partial charge in [-0.1, -0.05) is 79.6 Å². The first-order valence-electron chi connectivity index (χ1n) is 10.4. The number of hydrogen-bond acceptors (Lipinski definition) is 3. The molecule has 0 bridgehead atoms. The average molecular weight is 405 g/mol. The monoisotopic (exact) mass is 404 g/mol. The third-order valence-corrected chi connectivity index (χ3v) is 7.67. The number of thioether (sulfide) groups is 1. The summed E-state index contributed by atoms with van der Waals surface area (Å²) in [4.78, 5) is 16.8. The summed E-state index contributed by atoms with van der Waals surface area (Å²) in [5.74, 6) is -0.0206. The van der Waals surface area contributed by atoms with Gasteiger partial charge < -0.3 is 5.11 Å². The minimum atomic E-state index is -0.970. The molecule has 2 aliphatic rings. The van der Waals surface area contributed by atoms with Crippen LogP contribution in [0.2, 0.25) is 0 Å². The second-order valence-corrected chi connectivity index (χ2v) is 9.11. The standard InChI is InChI=1S/C24H24N2O2S/c27-24(28)22-25-20-19(16-10-4-1-5-11-16)21(17-12-6-2-7-13-17)29-23(20)26(22)18-14-8-3-9-15-18/h2-3,6-9,12-16,19,21H,1,4-5,10-11H2,(H,27,28)/t19-,21+/m1/s1. The van der Waals surface area contributed by atoms with Crippen LogP contribution < -0.4 is 0 Å². The summed E-state index contributed by atoms with van der Waals surface area (Å²) in [5.41, 5.74) is 3.15. The molecule has 0 radical (unpaired) electrons. The number of carboxylic acid groups (broad SMARTS) is 1. The molecular formula is C24H24N2O2S. The molecule has 1 fully saturated rings. The highest BCUT2D eigenvalue weighted by Gasteiger charge is 2.44. The number of carbonyl (C=O) groups is 1. The molecule has 148 valence electrons. The summed E-state index contributed by atoms with van der Waals surface area (Å²) in [6, 6.07) is 20.4. The molecule has 0 saturated heterocycles. The molecular weight excluding hydrogens is 380 g/mol. The molecule has 0 spiro atoms. The van der Waals surface area contributed by atoms with E-state index in [9.17, 15) is 9.90 Å². The van der Waals surface area contributed by atoms with E-state index in [0.29, 0.717) is 5.92 Å². The molecule has 4 nitrogen and oxygen atoms in total. The van der Waals surface area contributed by atoms with Gasteiger partial charge in [0.2, 0.25) is 5.82 Å². The van der Waals surface area contributed by atoms with Crippen molar-refractivity contribution in [3.05, 3.63) is 77.7 Å². The lowest BCUT2D eigenvalue weighted by Gasteiger charge is -2.31. The number of rotatable bonds is 4. The fourth-order valence-corrected chi connectivity index (χ4v) is 6.56. The van der Waals surface area contributed by atoms with Gasteiger partial charge in [0.15, 0.2) is 0 Å². The van der Waals surface area contributed by atoms with E-state index in [2.05, 4.69) is 30.3 Å². The summed E-state index contributed by atoms with van der Waals surface area (Å²) in [6.45, 7) is 0. The normalized spacial score (nSPS) is 21.8. The van der Waals surface area contributed by atoms with Crippen LogP contribution in [0, 0.1) is 5.92 Å². The van der Waals surface area contributed by atoms with Gasteiger partial charge in [-0.3, -0.25) is 4.57 Å². The Morgan fingerprint density at radius 3 is 2.28 bits per heavy atom. The smallest absolute Gasteiger partial charge is 0.372 e. The quantitative estimate of drug-likeness (QED) is 0.572. The van der Waals surface area contributed by atoms with Gasteiger partial charge in [-0.2, -0.15) is 0 Å². The fraction of sp³-hybridized carbons (Fsp3) is 0.333. The summed E-state index contributed by atoms with van der Waals surface area (Å²) in [6.07, 6.45) is 6.23. The molecule has 29 heavy (non-hydrogen) atoms. The van der Waals surface area contributed by atoms with Crippen LogP contribution in [0.3, 0.4) is 0 Å². The van der Waals surface area contributed by atoms with E-state index < -0.39 is 5.97 Å². The van der Waals surface area contributed by atoms with Crippen LogP contribution in [-0.4, -0.2) is 20.6 Å². The zero-order chi connectivity index (χ0) is 19.8. The Bertz CT molecular complexity index is 1010. The topological polar surface area (TPSA) is 55.1 Å². The summed E-state index contributed by atoms with van der Waals surface area (Å²) >= 11 is 1.79. The third kappa shape index (κ3) is 3.27. The molecule has 1 aliphatic carbocycles. The molecule has 0 unspecified atom stereocenters. The van der Waals surface area contributed by atoms with Gasteiger partial charge in [0.25, 0.3) is 0 Å². The molecule has 5 rings (SSSR count). The lowest BCUT2D eigenvalue weighted by Crippen LogP contribution is -2.19. The highest BCUT2D eigenvalue weighted by atomic mass is 32.2. The first-order chi connectivity index (χ1) is 14.2. The minimum absolute atomic E-state index is 0.126. The molecule has 1 aliphatic heterocycles. The molecule has 2 heterocycles. The first kappa shape index (κ1) is 18.5. The maximum absolute atomic E-state index is 12.0. The van der Waals surface area contributed by atoms with Crippen LogP contribution in [-0.2, 0) is 0 Å². The summed E-state index contributed by atoms with van der Waals surface area (Å²) in [5, 5.41) is 11.2. The minimum Gasteiger partial charge on any atom is -0.475 e. The highest BCUT2D eigenvalue weighted by Crippen LogP contribution is 2.59. The van der Waals surface area contributed by atoms with Gasteiger partial charge in [0.1, 0.15) is 5.03 Å². The van der Waals surface area contributed by atoms with Crippen LogP contribution in [0.25, 0.3) is 5.69 Å². The molecule has 1 aromatic heterocycles. The second kappa shape index (κ2) is 7.71. The predicted octanol–water partition coefficient (Wildman–Crippen LogP) is 6.08. The van der Waals surface area contributed by atoms with Crippen molar-refractivity contribution in [1.29, 1.82) is 0 Å². The number of nitrogens with zero attached hydrogens (tertiary/aromatic N) is 2. The van der Waals surface area contributed by atoms with Crippen LogP contribution in [0.15, 0.2) is 65.7 Å². The Balaban J connectivity index is 1.66. The second-order valence-electron chi connectivity index (χ2n) is 7.97. The Labute approximate surface area is 175 Å². The number of aromatic nitrogens is 2. The van der Waals surface area contributed by atoms with Crippen molar-refractivity contribution in [3.8, 4) is 5.69 Å². The Hall–Kier alpha value is -2.53. The largest absolute Gasteiger partial charge is 0.475 e. The van der Waals surface area contributed by atoms with Crippen molar-refractivity contribution in [2.45, 2.75) is 48.3 Å². The zero-order valence-corrected chi connectivity index (χ0v) is 17.0. The number of hydrogen-bond donors (Lipinski definition) is 1. The Kier molecular flexibility index (Phi) is 4.92. The fourth-order valence-electron chi connectivity index (χ4n) is 4.93. The van der Waals surface area contributed by atoms with Gasteiger partial charge in [-0.15, -0.1) is 0 Å². The number of para-hydroxylation sites is 1. The van der Waals surface area contributed by atoms with Crippen molar-refractivity contribution >= 4 is 17.7 Å². The lowest BCUT2D eigenvalue weighted by atomic mass is 9.76. The van der Waals surface area contributed by atoms with E-state index in [1.165, 1.54) is 37.7 Å². The molecule has 1 N–H and O–H groups in total. The van der Waals surface area contributed by atoms with E-state index in [1.54, 1.807) is 11.8 Å². The summed E-state index contributed by atoms with van der Waals surface area (Å²) in [7, 11) is 0. The van der Waals surface area contributed by atoms with E-state index in [4.69, 9.17) is 4.98 Å². The first-order valence-corrected chi connectivity index (χ1v) is 11.2. The Morgan fingerprint density at radius 2 is 1.62 bits per heavy atom. The van der Waals surface area contributed by atoms with E-state index >= 15 is 0 Å². The van der Waals surface area contributed by atoms with Gasteiger partial charge in [-0.05, 0) is 36.5 Å². The van der Waals surface area contributed by atoms with Gasteiger partial charge in [-0.25, -0.2) is 9.78 Å². The molecule has 2 atom stereocenters. The number of carboxylic acids is 1. The molecule has 2 aromatic carbocycles. The van der Waals surface area contributed by atoms with Crippen molar-refractivity contribution in [3.63, 3.8) is 0 Å². The van der Waals surface area contributed by atoms with E-state index in [1.807, 2.05) is 34.9 Å². The van der Waals surface area contributed by atoms with Crippen LogP contribution >= 0.6 is 11.8 Å². The molecule has 5 heteroatoms. The highest BCUT2D eigenvalue weighted by molar-refractivity contribution is 7.99. The van der Waals surface area contributed by atoms with Crippen LogP contribution in [0.4, 0.5) is 0 Å². The predicted molar refractivity (Wildman–Crippen MR) is 115 cm³/mol. The number of aromatic carboxylic acids is 1. The van der Waals surface area contributed by atoms with E-state index in [0.717, 1.165) is 16.4 Å². The number of fused-ring (bicyclic) bond motifs is 1. The third-order valence-electron chi connectivity index (χ3n) is 6.23. The molecule has 3 aromatic rings. The lowest BCUT2D eigenvalue weighted by molar-refractivity contribution is 0.0680. The van der Waals surface area contributed by atoms with E-state index in [-0.39, 0.29) is 17.0 Å². The van der Waals surface area contributed by atoms with Gasteiger partial charge >= 0.3 is 5.97 Å². The van der Waals surface area contributed by atoms with Crippen molar-refractivity contribution in [2.24, 2.45) is 5.92 Å². The zero-order valence-electron chi connectivity index (χ0n) is 16.2. The maximum atomic E-state index is 12.0. The number of benzene rings is 2. The SMILES string of the molecule is O=C(O)c1nc2c(n1-c1ccccc1)S[C@@H](c1ccccc1)[C@@H]2C1CCCCC1. The summed E-state index contributed by atoms with van der Waals surface area (Å²) < 4.78 is 1.85. The van der Waals surface area contributed by atoms with Crippen LogP contribution in [0.1, 0.15) is 65.1 Å². The molecule has 0 amide bonds. The average Bonchev–Trinajstić information content (AvgIpc) is 3.32. The maximum Gasteiger partial charge on any atom is 0.372 e. The molecule has 1 saturated carbocycles. The van der Waals surface area contributed by atoms with Gasteiger partial charge in [0, 0.05) is 16.9 Å².